The van der Waals surface area contributed by atoms with Gasteiger partial charge in [0.1, 0.15) is 0 Å². The van der Waals surface area contributed by atoms with Crippen LogP contribution in [0.4, 0.5) is 10.8 Å². The highest BCUT2D eigenvalue weighted by molar-refractivity contribution is 9.10. The van der Waals surface area contributed by atoms with E-state index in [4.69, 9.17) is 0 Å². The average Bonchev–Trinajstić information content (AvgIpc) is 3.19. The van der Waals surface area contributed by atoms with Crippen LogP contribution in [-0.2, 0) is 11.2 Å². The summed E-state index contributed by atoms with van der Waals surface area (Å²) in [7, 11) is 0. The van der Waals surface area contributed by atoms with E-state index in [1.807, 2.05) is 30.3 Å². The standard InChI is InChI=1S/C21H21BrN4O2S2/c1-2-3-5-14-8-10-17(11-9-14)23-18(27)13-29-21-26-25-20(30-21)24-19(28)15-6-4-7-16(22)12-15/h4,6-12H,2-3,5,13H2,1H3,(H,23,27)(H,24,25,28). The molecule has 3 aromatic rings. The Labute approximate surface area is 192 Å². The molecule has 0 saturated carbocycles. The molecule has 6 nitrogen and oxygen atoms in total. The van der Waals surface area contributed by atoms with E-state index in [-0.39, 0.29) is 17.6 Å². The van der Waals surface area contributed by atoms with Gasteiger partial charge in [0.25, 0.3) is 5.91 Å². The number of nitrogens with one attached hydrogen (secondary N) is 2. The Kier molecular flexibility index (Phi) is 8.41. The Morgan fingerprint density at radius 3 is 2.63 bits per heavy atom. The molecule has 0 spiro atoms. The minimum atomic E-state index is -0.260. The molecule has 0 unspecified atom stereocenters. The predicted octanol–water partition coefficient (Wildman–Crippen LogP) is 5.63. The molecule has 0 atom stereocenters. The first-order valence-electron chi connectivity index (χ1n) is 9.45. The number of hydrogen-bond acceptors (Lipinski definition) is 6. The maximum Gasteiger partial charge on any atom is 0.257 e. The fourth-order valence-corrected chi connectivity index (χ4v) is 4.52. The quantitative estimate of drug-likeness (QED) is 0.291. The van der Waals surface area contributed by atoms with Gasteiger partial charge in [0.2, 0.25) is 11.0 Å². The van der Waals surface area contributed by atoms with Crippen LogP contribution in [0.15, 0.2) is 57.3 Å². The van der Waals surface area contributed by atoms with E-state index >= 15 is 0 Å². The number of aryl methyl sites for hydroxylation is 1. The van der Waals surface area contributed by atoms with Crippen molar-refractivity contribution in [3.05, 3.63) is 64.1 Å². The van der Waals surface area contributed by atoms with Gasteiger partial charge < -0.3 is 5.32 Å². The molecule has 0 aliphatic rings. The maximum atomic E-state index is 12.3. The van der Waals surface area contributed by atoms with Gasteiger partial charge in [-0.1, -0.05) is 70.6 Å². The Bertz CT molecular complexity index is 1010. The molecule has 2 amide bonds. The first-order chi connectivity index (χ1) is 14.5. The Morgan fingerprint density at radius 1 is 1.10 bits per heavy atom. The zero-order valence-corrected chi connectivity index (χ0v) is 19.6. The monoisotopic (exact) mass is 504 g/mol. The number of thioether (sulfide) groups is 1. The Morgan fingerprint density at radius 2 is 1.90 bits per heavy atom. The third kappa shape index (κ3) is 6.93. The highest BCUT2D eigenvalue weighted by atomic mass is 79.9. The maximum absolute atomic E-state index is 12.3. The van der Waals surface area contributed by atoms with E-state index in [9.17, 15) is 9.59 Å². The smallest absolute Gasteiger partial charge is 0.257 e. The van der Waals surface area contributed by atoms with Crippen molar-refractivity contribution >= 4 is 61.7 Å². The van der Waals surface area contributed by atoms with E-state index < -0.39 is 0 Å². The highest BCUT2D eigenvalue weighted by Crippen LogP contribution is 2.26. The number of nitrogens with zero attached hydrogens (tertiary/aromatic N) is 2. The summed E-state index contributed by atoms with van der Waals surface area (Å²) in [6.45, 7) is 2.17. The number of hydrogen-bond donors (Lipinski definition) is 2. The summed E-state index contributed by atoms with van der Waals surface area (Å²) in [6, 6.07) is 15.0. The van der Waals surface area contributed by atoms with Crippen molar-refractivity contribution in [1.82, 2.24) is 10.2 Å². The highest BCUT2D eigenvalue weighted by Gasteiger charge is 2.12. The van der Waals surface area contributed by atoms with Crippen LogP contribution in [0.25, 0.3) is 0 Å². The van der Waals surface area contributed by atoms with Crippen molar-refractivity contribution in [1.29, 1.82) is 0 Å². The van der Waals surface area contributed by atoms with E-state index in [1.165, 1.54) is 28.7 Å². The molecule has 3 rings (SSSR count). The molecule has 0 fully saturated rings. The second-order valence-electron chi connectivity index (χ2n) is 6.47. The van der Waals surface area contributed by atoms with Gasteiger partial charge in [-0.3, -0.25) is 14.9 Å². The summed E-state index contributed by atoms with van der Waals surface area (Å²) >= 11 is 5.86. The molecule has 0 aliphatic carbocycles. The van der Waals surface area contributed by atoms with Crippen LogP contribution in [-0.4, -0.2) is 27.8 Å². The second kappa shape index (κ2) is 11.2. The number of amides is 2. The lowest BCUT2D eigenvalue weighted by Crippen LogP contribution is -2.13. The van der Waals surface area contributed by atoms with Crippen molar-refractivity contribution in [3.8, 4) is 0 Å². The van der Waals surface area contributed by atoms with Crippen molar-refractivity contribution in [3.63, 3.8) is 0 Å². The number of rotatable bonds is 9. The number of aromatic nitrogens is 2. The summed E-state index contributed by atoms with van der Waals surface area (Å²) in [4.78, 5) is 24.5. The Hall–Kier alpha value is -2.23. The minimum Gasteiger partial charge on any atom is -0.325 e. The number of benzene rings is 2. The van der Waals surface area contributed by atoms with Gasteiger partial charge in [-0.2, -0.15) is 0 Å². The zero-order chi connectivity index (χ0) is 21.3. The van der Waals surface area contributed by atoms with Crippen LogP contribution < -0.4 is 10.6 Å². The largest absolute Gasteiger partial charge is 0.325 e. The van der Waals surface area contributed by atoms with Gasteiger partial charge in [-0.05, 0) is 48.7 Å². The van der Waals surface area contributed by atoms with Crippen molar-refractivity contribution < 1.29 is 9.59 Å². The summed E-state index contributed by atoms with van der Waals surface area (Å²) in [5.74, 6) is -0.161. The van der Waals surface area contributed by atoms with Gasteiger partial charge in [-0.15, -0.1) is 10.2 Å². The van der Waals surface area contributed by atoms with Crippen LogP contribution in [0, 0.1) is 0 Å². The summed E-state index contributed by atoms with van der Waals surface area (Å²) in [5.41, 5.74) is 2.57. The second-order valence-corrected chi connectivity index (χ2v) is 9.59. The molecule has 2 aromatic carbocycles. The first kappa shape index (κ1) is 22.5. The van der Waals surface area contributed by atoms with Crippen LogP contribution in [0.1, 0.15) is 35.7 Å². The minimum absolute atomic E-state index is 0.115. The topological polar surface area (TPSA) is 84.0 Å². The van der Waals surface area contributed by atoms with Gasteiger partial charge in [0.15, 0.2) is 4.34 Å². The third-order valence-electron chi connectivity index (χ3n) is 4.10. The fraction of sp³-hybridized carbons (Fsp3) is 0.238. The SMILES string of the molecule is CCCCc1ccc(NC(=O)CSc2nnc(NC(=O)c3cccc(Br)c3)s2)cc1. The predicted molar refractivity (Wildman–Crippen MR) is 126 cm³/mol. The lowest BCUT2D eigenvalue weighted by molar-refractivity contribution is -0.113. The molecule has 9 heteroatoms. The molecule has 0 radical (unpaired) electrons. The molecular formula is C21H21BrN4O2S2. The van der Waals surface area contributed by atoms with Crippen molar-refractivity contribution in [2.24, 2.45) is 0 Å². The number of carbonyl (C=O) groups is 2. The summed E-state index contributed by atoms with van der Waals surface area (Å²) in [6.07, 6.45) is 3.38. The lowest BCUT2D eigenvalue weighted by Gasteiger charge is -2.06. The molecule has 0 bridgehead atoms. The Balaban J connectivity index is 1.46. The van der Waals surface area contributed by atoms with Crippen LogP contribution in [0.2, 0.25) is 0 Å². The molecule has 2 N–H and O–H groups in total. The average molecular weight is 505 g/mol. The van der Waals surface area contributed by atoms with E-state index in [2.05, 4.69) is 43.7 Å². The third-order valence-corrected chi connectivity index (χ3v) is 6.56. The van der Waals surface area contributed by atoms with Crippen LogP contribution in [0.5, 0.6) is 0 Å². The van der Waals surface area contributed by atoms with E-state index in [0.717, 1.165) is 29.4 Å². The molecule has 0 aliphatic heterocycles. The number of anilines is 2. The lowest BCUT2D eigenvalue weighted by atomic mass is 10.1. The number of carbonyl (C=O) groups excluding carboxylic acids is 2. The molecular weight excluding hydrogens is 484 g/mol. The molecule has 1 heterocycles. The van der Waals surface area contributed by atoms with Gasteiger partial charge >= 0.3 is 0 Å². The number of halogens is 1. The summed E-state index contributed by atoms with van der Waals surface area (Å²) in [5, 5.41) is 14.0. The van der Waals surface area contributed by atoms with Crippen LogP contribution in [0.3, 0.4) is 0 Å². The van der Waals surface area contributed by atoms with Gasteiger partial charge in [0.05, 0.1) is 5.75 Å². The normalized spacial score (nSPS) is 10.6. The van der Waals surface area contributed by atoms with Crippen molar-refractivity contribution in [2.75, 3.05) is 16.4 Å². The molecule has 1 aromatic heterocycles. The molecule has 156 valence electrons. The van der Waals surface area contributed by atoms with Crippen LogP contribution >= 0.6 is 39.0 Å². The van der Waals surface area contributed by atoms with E-state index in [1.54, 1.807) is 18.2 Å². The van der Waals surface area contributed by atoms with E-state index in [0.29, 0.717) is 15.0 Å². The zero-order valence-electron chi connectivity index (χ0n) is 16.4. The number of unbranched alkanes of at least 4 members (excludes halogenated alkanes) is 1. The van der Waals surface area contributed by atoms with Gasteiger partial charge in [0, 0.05) is 15.7 Å². The molecule has 30 heavy (non-hydrogen) atoms. The first-order valence-corrected chi connectivity index (χ1v) is 12.0. The molecule has 0 saturated heterocycles. The van der Waals surface area contributed by atoms with Gasteiger partial charge in [-0.25, -0.2) is 0 Å². The summed E-state index contributed by atoms with van der Waals surface area (Å²) < 4.78 is 1.44. The fourth-order valence-electron chi connectivity index (χ4n) is 2.58. The van der Waals surface area contributed by atoms with Crippen molar-refractivity contribution in [2.45, 2.75) is 30.5 Å².